The molecule has 0 spiro atoms. The molecule has 0 aliphatic carbocycles. The van der Waals surface area contributed by atoms with Crippen LogP contribution in [0.2, 0.25) is 0 Å². The molecule has 0 saturated carbocycles. The maximum absolute atomic E-state index is 11.0. The smallest absolute Gasteiger partial charge is 0.335 e. The summed E-state index contributed by atoms with van der Waals surface area (Å²) in [7, 11) is 0. The van der Waals surface area contributed by atoms with E-state index in [2.05, 4.69) is 61.7 Å². The van der Waals surface area contributed by atoms with E-state index in [1.54, 1.807) is 12.1 Å². The molecular weight excluding hydrogens is 535 g/mol. The topological polar surface area (TPSA) is 101 Å². The van der Waals surface area contributed by atoms with Gasteiger partial charge in [0.05, 0.1) is 30.0 Å². The molecule has 0 atom stereocenters. The number of rotatable bonds is 6. The van der Waals surface area contributed by atoms with Crippen molar-refractivity contribution in [2.75, 3.05) is 31.2 Å². The van der Waals surface area contributed by atoms with Crippen LogP contribution in [0.5, 0.6) is 11.8 Å². The number of carboxylic acid groups (broad SMARTS) is 1. The van der Waals surface area contributed by atoms with Crippen molar-refractivity contribution in [2.45, 2.75) is 4.43 Å². The van der Waals surface area contributed by atoms with Crippen molar-refractivity contribution in [3.63, 3.8) is 0 Å². The molecule has 1 fully saturated rings. The fourth-order valence-corrected chi connectivity index (χ4v) is 4.37. The monoisotopic (exact) mass is 556 g/mol. The molecule has 1 aliphatic heterocycles. The van der Waals surface area contributed by atoms with Crippen molar-refractivity contribution < 1.29 is 19.4 Å². The van der Waals surface area contributed by atoms with Crippen molar-refractivity contribution >= 4 is 45.4 Å². The first-order valence-corrected chi connectivity index (χ1v) is 12.0. The van der Waals surface area contributed by atoms with Gasteiger partial charge in [0.2, 0.25) is 0 Å². The normalized spacial score (nSPS) is 13.9. The van der Waals surface area contributed by atoms with Gasteiger partial charge in [0.25, 0.3) is 0 Å². The van der Waals surface area contributed by atoms with Crippen LogP contribution >= 0.6 is 22.6 Å². The fraction of sp³-hybridized carbons (Fsp3) is 0.208. The van der Waals surface area contributed by atoms with E-state index in [-0.39, 0.29) is 5.56 Å². The van der Waals surface area contributed by atoms with Gasteiger partial charge < -0.3 is 24.5 Å². The molecule has 3 heterocycles. The molecule has 1 saturated heterocycles. The first-order valence-electron chi connectivity index (χ1n) is 10.5. The van der Waals surface area contributed by atoms with Gasteiger partial charge in [0.15, 0.2) is 5.65 Å². The Bertz CT molecular complexity index is 1280. The van der Waals surface area contributed by atoms with Gasteiger partial charge in [-0.25, -0.2) is 9.78 Å². The van der Waals surface area contributed by atoms with Crippen LogP contribution < -0.4 is 9.64 Å². The summed E-state index contributed by atoms with van der Waals surface area (Å²) in [5.74, 6) is -0.488. The van der Waals surface area contributed by atoms with Crippen LogP contribution in [0.25, 0.3) is 22.4 Å². The highest BCUT2D eigenvalue weighted by atomic mass is 127. The van der Waals surface area contributed by atoms with Crippen molar-refractivity contribution in [2.24, 2.45) is 0 Å². The van der Waals surface area contributed by atoms with E-state index in [1.807, 2.05) is 6.07 Å². The maximum Gasteiger partial charge on any atom is 0.335 e. The molecule has 0 radical (unpaired) electrons. The van der Waals surface area contributed by atoms with Crippen LogP contribution in [-0.4, -0.2) is 52.3 Å². The van der Waals surface area contributed by atoms with E-state index in [9.17, 15) is 4.79 Å². The van der Waals surface area contributed by atoms with Crippen molar-refractivity contribution in [3.05, 3.63) is 65.7 Å². The largest absolute Gasteiger partial charge is 0.478 e. The van der Waals surface area contributed by atoms with Gasteiger partial charge in [-0.3, -0.25) is 0 Å². The van der Waals surface area contributed by atoms with E-state index < -0.39 is 5.97 Å². The number of hydrogen-bond donors (Lipinski definition) is 2. The molecule has 1 aliphatic rings. The van der Waals surface area contributed by atoms with Gasteiger partial charge in [0.1, 0.15) is 5.75 Å². The number of aromatic carboxylic acids is 1. The summed E-state index contributed by atoms with van der Waals surface area (Å²) < 4.78 is 12.0. The van der Waals surface area contributed by atoms with Crippen molar-refractivity contribution in [1.82, 2.24) is 15.0 Å². The highest BCUT2D eigenvalue weighted by Gasteiger charge is 2.15. The molecule has 168 valence electrons. The Labute approximate surface area is 203 Å². The molecule has 2 aromatic carbocycles. The van der Waals surface area contributed by atoms with Crippen molar-refractivity contribution in [1.29, 1.82) is 0 Å². The Kier molecular flexibility index (Phi) is 6.14. The van der Waals surface area contributed by atoms with Gasteiger partial charge in [-0.05, 0) is 48.0 Å². The fourth-order valence-electron chi connectivity index (χ4n) is 3.79. The number of hydrogen-bond acceptors (Lipinski definition) is 6. The minimum absolute atomic E-state index is 0.199. The Morgan fingerprint density at radius 3 is 2.48 bits per heavy atom. The highest BCUT2D eigenvalue weighted by Crippen LogP contribution is 2.30. The zero-order valence-corrected chi connectivity index (χ0v) is 19.8. The summed E-state index contributed by atoms with van der Waals surface area (Å²) in [5.41, 5.74) is 5.77. The molecule has 8 nitrogen and oxygen atoms in total. The maximum atomic E-state index is 11.0. The average molecular weight is 556 g/mol. The van der Waals surface area contributed by atoms with E-state index >= 15 is 0 Å². The van der Waals surface area contributed by atoms with Gasteiger partial charge in [-0.2, -0.15) is 4.98 Å². The lowest BCUT2D eigenvalue weighted by molar-refractivity contribution is 0.0697. The van der Waals surface area contributed by atoms with Gasteiger partial charge in [-0.1, -0.05) is 34.7 Å². The highest BCUT2D eigenvalue weighted by molar-refractivity contribution is 14.1. The number of ether oxygens (including phenoxy) is 2. The second-order valence-electron chi connectivity index (χ2n) is 7.62. The molecular formula is C24H21IN4O4. The molecule has 33 heavy (non-hydrogen) atoms. The van der Waals surface area contributed by atoms with E-state index in [0.717, 1.165) is 53.1 Å². The molecule has 2 N–H and O–H groups in total. The lowest BCUT2D eigenvalue weighted by Crippen LogP contribution is -2.36. The number of nitrogens with one attached hydrogen (secondary N) is 1. The number of halogens is 1. The third-order valence-corrected chi connectivity index (χ3v) is 6.33. The Hall–Kier alpha value is -3.18. The molecule has 0 amide bonds. The van der Waals surface area contributed by atoms with E-state index in [4.69, 9.17) is 19.6 Å². The molecule has 4 aromatic rings. The third-order valence-electron chi connectivity index (χ3n) is 5.51. The minimum atomic E-state index is -0.980. The summed E-state index contributed by atoms with van der Waals surface area (Å²) in [4.78, 5) is 25.8. The van der Waals surface area contributed by atoms with Crippen LogP contribution in [0, 0.1) is 0 Å². The molecule has 0 unspecified atom stereocenters. The number of benzene rings is 2. The number of carbonyl (C=O) groups is 1. The molecule has 0 bridgehead atoms. The number of H-pyrrole nitrogens is 1. The number of pyridine rings is 1. The quantitative estimate of drug-likeness (QED) is 0.258. The number of carboxylic acids is 1. The number of fused-ring (bicyclic) bond motifs is 1. The summed E-state index contributed by atoms with van der Waals surface area (Å²) in [6.07, 6.45) is 0. The number of alkyl halides is 1. The molecule has 2 aromatic heterocycles. The number of morpholine rings is 1. The van der Waals surface area contributed by atoms with Crippen LogP contribution in [0.4, 0.5) is 5.69 Å². The number of nitrogens with zero attached hydrogens (tertiary/aromatic N) is 3. The number of aromatic amines is 1. The van der Waals surface area contributed by atoms with Crippen molar-refractivity contribution in [3.8, 4) is 23.0 Å². The number of anilines is 1. The number of imidazole rings is 1. The first-order chi connectivity index (χ1) is 16.1. The first kappa shape index (κ1) is 21.7. The lowest BCUT2D eigenvalue weighted by atomic mass is 10.1. The predicted molar refractivity (Wildman–Crippen MR) is 134 cm³/mol. The molecule has 9 heteroatoms. The zero-order valence-electron chi connectivity index (χ0n) is 17.6. The summed E-state index contributed by atoms with van der Waals surface area (Å²) in [5, 5.41) is 9.04. The second-order valence-corrected chi connectivity index (χ2v) is 8.38. The average Bonchev–Trinajstić information content (AvgIpc) is 3.25. The van der Waals surface area contributed by atoms with E-state index in [0.29, 0.717) is 17.4 Å². The second kappa shape index (κ2) is 9.36. The summed E-state index contributed by atoms with van der Waals surface area (Å²) in [6.45, 7) is 3.31. The third kappa shape index (κ3) is 4.64. The Morgan fingerprint density at radius 1 is 1.09 bits per heavy atom. The van der Waals surface area contributed by atoms with E-state index in [1.165, 1.54) is 17.8 Å². The van der Waals surface area contributed by atoms with Crippen LogP contribution in [0.15, 0.2) is 54.6 Å². The Balaban J connectivity index is 1.41. The van der Waals surface area contributed by atoms with Crippen LogP contribution in [0.3, 0.4) is 0 Å². The summed E-state index contributed by atoms with van der Waals surface area (Å²) in [6, 6.07) is 17.0. The number of aromatic nitrogens is 3. The standard InChI is InChI=1S/C24H21IN4O4/c25-14-17-13-20-22(28-24(26-20)33-19-7-3-16(4-8-19)23(30)31)27-21(17)15-1-5-18(6-2-15)29-9-11-32-12-10-29/h1-8,13H,9-12,14H2,(H,30,31)(H,26,27,28). The van der Waals surface area contributed by atoms with Gasteiger partial charge >= 0.3 is 12.0 Å². The zero-order chi connectivity index (χ0) is 22.8. The van der Waals surface area contributed by atoms with Gasteiger partial charge in [0, 0.05) is 28.8 Å². The van der Waals surface area contributed by atoms with Crippen LogP contribution in [-0.2, 0) is 9.16 Å². The SMILES string of the molecule is O=C(O)c1ccc(Oc2nc3nc(-c4ccc(N5CCOCC5)cc4)c(CI)cc3[nH]2)cc1. The minimum Gasteiger partial charge on any atom is -0.478 e. The summed E-state index contributed by atoms with van der Waals surface area (Å²) >= 11 is 2.34. The van der Waals surface area contributed by atoms with Crippen LogP contribution in [0.1, 0.15) is 15.9 Å². The Morgan fingerprint density at radius 2 is 1.82 bits per heavy atom. The lowest BCUT2D eigenvalue weighted by Gasteiger charge is -2.28. The predicted octanol–water partition coefficient (Wildman–Crippen LogP) is 4.89. The van der Waals surface area contributed by atoms with Gasteiger partial charge in [-0.15, -0.1) is 0 Å². The molecule has 5 rings (SSSR count).